The molecule has 0 unspecified atom stereocenters. The van der Waals surface area contributed by atoms with Gasteiger partial charge < -0.3 is 0 Å². The lowest BCUT2D eigenvalue weighted by Crippen LogP contribution is -1.87. The average molecular weight is 199 g/mol. The molecular formula is C14H17N. The molecule has 0 spiro atoms. The second-order valence-electron chi connectivity index (χ2n) is 3.52. The monoisotopic (exact) mass is 199 g/mol. The highest BCUT2D eigenvalue weighted by atomic mass is 14.7. The minimum atomic E-state index is 0.456. The fourth-order valence-electron chi connectivity index (χ4n) is 1.36. The number of hydrogen-bond donors (Lipinski definition) is 0. The van der Waals surface area contributed by atoms with Crippen molar-refractivity contribution in [2.24, 2.45) is 4.99 Å². The van der Waals surface area contributed by atoms with Gasteiger partial charge in [0.05, 0.1) is 6.54 Å². The van der Waals surface area contributed by atoms with Crippen LogP contribution >= 0.6 is 0 Å². The van der Waals surface area contributed by atoms with E-state index in [0.29, 0.717) is 6.54 Å². The smallest absolute Gasteiger partial charge is 0.0995 e. The van der Waals surface area contributed by atoms with Crippen molar-refractivity contribution in [2.45, 2.75) is 26.2 Å². The first-order valence-electron chi connectivity index (χ1n) is 5.39. The third-order valence-electron chi connectivity index (χ3n) is 2.22. The van der Waals surface area contributed by atoms with Crippen LogP contribution in [0.3, 0.4) is 0 Å². The van der Waals surface area contributed by atoms with E-state index in [9.17, 15) is 0 Å². The Labute approximate surface area is 92.2 Å². The van der Waals surface area contributed by atoms with Crippen molar-refractivity contribution < 1.29 is 0 Å². The Bertz CT molecular complexity index is 341. The fraction of sp³-hybridized carbons (Fsp3) is 0.357. The van der Waals surface area contributed by atoms with E-state index in [2.05, 4.69) is 42.1 Å². The molecule has 0 aliphatic carbocycles. The van der Waals surface area contributed by atoms with Crippen LogP contribution in [0, 0.1) is 12.3 Å². The van der Waals surface area contributed by atoms with Gasteiger partial charge >= 0.3 is 0 Å². The number of hydrogen-bond acceptors (Lipinski definition) is 1. The molecule has 78 valence electrons. The number of nitrogens with zero attached hydrogens (tertiary/aromatic N) is 1. The highest BCUT2D eigenvalue weighted by molar-refractivity contribution is 5.79. The molecule has 0 atom stereocenters. The summed E-state index contributed by atoms with van der Waals surface area (Å²) in [5.41, 5.74) is 2.51. The van der Waals surface area contributed by atoms with Gasteiger partial charge in [0.15, 0.2) is 0 Å². The number of aryl methyl sites for hydroxylation is 1. The lowest BCUT2D eigenvalue weighted by Gasteiger charge is -1.99. The second-order valence-corrected chi connectivity index (χ2v) is 3.52. The molecule has 0 fully saturated rings. The van der Waals surface area contributed by atoms with Gasteiger partial charge in [-0.2, -0.15) is 0 Å². The molecule has 0 saturated carbocycles. The molecule has 1 aromatic rings. The lowest BCUT2D eigenvalue weighted by atomic mass is 10.1. The molecular weight excluding hydrogens is 182 g/mol. The van der Waals surface area contributed by atoms with Crippen molar-refractivity contribution in [3.8, 4) is 12.3 Å². The van der Waals surface area contributed by atoms with Crippen LogP contribution in [-0.4, -0.2) is 12.8 Å². The number of unbranched alkanes of at least 4 members (excludes halogenated alkanes) is 1. The Morgan fingerprint density at radius 1 is 1.33 bits per heavy atom. The van der Waals surface area contributed by atoms with Crippen molar-refractivity contribution in [2.75, 3.05) is 6.54 Å². The third kappa shape index (κ3) is 4.46. The van der Waals surface area contributed by atoms with E-state index < -0.39 is 0 Å². The van der Waals surface area contributed by atoms with Crippen LogP contribution in [0.25, 0.3) is 0 Å². The summed E-state index contributed by atoms with van der Waals surface area (Å²) in [6.07, 6.45) is 10.6. The second kappa shape index (κ2) is 6.84. The van der Waals surface area contributed by atoms with Crippen LogP contribution in [0.5, 0.6) is 0 Å². The lowest BCUT2D eigenvalue weighted by molar-refractivity contribution is 0.795. The van der Waals surface area contributed by atoms with Crippen LogP contribution in [0.4, 0.5) is 0 Å². The molecule has 1 rings (SSSR count). The Balaban J connectivity index is 2.53. The van der Waals surface area contributed by atoms with Crippen molar-refractivity contribution >= 4 is 6.21 Å². The van der Waals surface area contributed by atoms with Crippen molar-refractivity contribution in [3.05, 3.63) is 35.4 Å². The van der Waals surface area contributed by atoms with Gasteiger partial charge in [-0.1, -0.05) is 43.5 Å². The van der Waals surface area contributed by atoms with Gasteiger partial charge in [-0.25, -0.2) is 0 Å². The Hall–Kier alpha value is -1.55. The normalized spacial score (nSPS) is 10.4. The molecule has 1 aromatic carbocycles. The van der Waals surface area contributed by atoms with Crippen LogP contribution in [0.15, 0.2) is 29.3 Å². The van der Waals surface area contributed by atoms with Crippen LogP contribution in [0.1, 0.15) is 30.9 Å². The molecule has 0 amide bonds. The van der Waals surface area contributed by atoms with Gasteiger partial charge in [0.25, 0.3) is 0 Å². The van der Waals surface area contributed by atoms with Crippen LogP contribution in [-0.2, 0) is 6.42 Å². The summed E-state index contributed by atoms with van der Waals surface area (Å²) in [5.74, 6) is 2.48. The maximum absolute atomic E-state index is 5.11. The van der Waals surface area contributed by atoms with Crippen LogP contribution < -0.4 is 0 Å². The summed E-state index contributed by atoms with van der Waals surface area (Å²) in [4.78, 5) is 4.09. The summed E-state index contributed by atoms with van der Waals surface area (Å²) in [6.45, 7) is 2.67. The summed E-state index contributed by atoms with van der Waals surface area (Å²) in [6, 6.07) is 8.50. The molecule has 0 radical (unpaired) electrons. The van der Waals surface area contributed by atoms with Gasteiger partial charge in [0, 0.05) is 6.21 Å². The highest BCUT2D eigenvalue weighted by Crippen LogP contribution is 2.06. The molecule has 0 aliphatic rings. The third-order valence-corrected chi connectivity index (χ3v) is 2.22. The zero-order valence-electron chi connectivity index (χ0n) is 9.24. The van der Waals surface area contributed by atoms with Crippen molar-refractivity contribution in [1.29, 1.82) is 0 Å². The summed E-state index contributed by atoms with van der Waals surface area (Å²) < 4.78 is 0. The molecule has 0 aromatic heterocycles. The van der Waals surface area contributed by atoms with E-state index in [0.717, 1.165) is 12.0 Å². The topological polar surface area (TPSA) is 12.4 Å². The summed E-state index contributed by atoms with van der Waals surface area (Å²) in [7, 11) is 0. The number of benzene rings is 1. The number of aliphatic imine (C=N–C) groups is 1. The molecule has 0 saturated heterocycles. The minimum Gasteiger partial charge on any atom is -0.280 e. The summed E-state index contributed by atoms with van der Waals surface area (Å²) in [5, 5.41) is 0. The predicted molar refractivity (Wildman–Crippen MR) is 66.3 cm³/mol. The average Bonchev–Trinajstić information content (AvgIpc) is 2.28. The van der Waals surface area contributed by atoms with Gasteiger partial charge in [-0.3, -0.25) is 4.99 Å². The van der Waals surface area contributed by atoms with Crippen molar-refractivity contribution in [1.82, 2.24) is 0 Å². The first kappa shape index (κ1) is 11.5. The molecule has 0 aliphatic heterocycles. The SMILES string of the molecule is C#CCN=Cc1ccc(CCCC)cc1. The fourth-order valence-corrected chi connectivity index (χ4v) is 1.36. The van der Waals surface area contributed by atoms with E-state index >= 15 is 0 Å². The first-order chi connectivity index (χ1) is 7.36. The predicted octanol–water partition coefficient (Wildman–Crippen LogP) is 3.08. The molecule has 0 N–H and O–H groups in total. The quantitative estimate of drug-likeness (QED) is 0.510. The minimum absolute atomic E-state index is 0.456. The molecule has 0 heterocycles. The zero-order valence-corrected chi connectivity index (χ0v) is 9.24. The Morgan fingerprint density at radius 3 is 2.67 bits per heavy atom. The molecule has 15 heavy (non-hydrogen) atoms. The van der Waals surface area contributed by atoms with E-state index in [-0.39, 0.29) is 0 Å². The molecule has 0 bridgehead atoms. The highest BCUT2D eigenvalue weighted by Gasteiger charge is 1.92. The van der Waals surface area contributed by atoms with E-state index in [1.54, 1.807) is 0 Å². The van der Waals surface area contributed by atoms with E-state index in [1.807, 2.05) is 6.21 Å². The number of terminal acetylenes is 1. The van der Waals surface area contributed by atoms with E-state index in [4.69, 9.17) is 6.42 Å². The van der Waals surface area contributed by atoms with Crippen LogP contribution in [0.2, 0.25) is 0 Å². The van der Waals surface area contributed by atoms with Gasteiger partial charge in [-0.15, -0.1) is 6.42 Å². The number of rotatable bonds is 5. The Kier molecular flexibility index (Phi) is 5.25. The largest absolute Gasteiger partial charge is 0.280 e. The Morgan fingerprint density at radius 2 is 2.07 bits per heavy atom. The zero-order chi connectivity index (χ0) is 10.9. The standard InChI is InChI=1S/C14H17N/c1-3-5-6-13-7-9-14(10-8-13)12-15-11-4-2/h2,7-10,12H,3,5-6,11H2,1H3. The maximum atomic E-state index is 5.11. The van der Waals surface area contributed by atoms with Gasteiger partial charge in [0.1, 0.15) is 0 Å². The first-order valence-corrected chi connectivity index (χ1v) is 5.39. The van der Waals surface area contributed by atoms with Gasteiger partial charge in [0.2, 0.25) is 0 Å². The van der Waals surface area contributed by atoms with Gasteiger partial charge in [-0.05, 0) is 24.0 Å². The van der Waals surface area contributed by atoms with E-state index in [1.165, 1.54) is 18.4 Å². The maximum Gasteiger partial charge on any atom is 0.0995 e. The molecule has 1 heteroatoms. The van der Waals surface area contributed by atoms with Crippen molar-refractivity contribution in [3.63, 3.8) is 0 Å². The molecule has 1 nitrogen and oxygen atoms in total. The summed E-state index contributed by atoms with van der Waals surface area (Å²) >= 11 is 0.